The summed E-state index contributed by atoms with van der Waals surface area (Å²) in [6.07, 6.45) is 2.28. The van der Waals surface area contributed by atoms with Crippen LogP contribution in [0.1, 0.15) is 35.3 Å². The number of hydrogen-bond donors (Lipinski definition) is 3. The van der Waals surface area contributed by atoms with Crippen LogP contribution < -0.4 is 15.4 Å². The molecule has 1 unspecified atom stereocenters. The van der Waals surface area contributed by atoms with Gasteiger partial charge in [0.15, 0.2) is 6.61 Å². The molecule has 0 aliphatic heterocycles. The lowest BCUT2D eigenvalue weighted by Crippen LogP contribution is -2.29. The molecule has 0 spiro atoms. The monoisotopic (exact) mass is 366 g/mol. The van der Waals surface area contributed by atoms with Gasteiger partial charge in [0, 0.05) is 18.2 Å². The molecule has 0 saturated carbocycles. The average molecular weight is 366 g/mol. The molecule has 0 bridgehead atoms. The van der Waals surface area contributed by atoms with Crippen molar-refractivity contribution in [1.29, 1.82) is 0 Å². The lowest BCUT2D eigenvalue weighted by molar-refractivity contribution is -0.122. The molecule has 27 heavy (non-hydrogen) atoms. The molecule has 2 amide bonds. The van der Waals surface area contributed by atoms with Crippen LogP contribution in [0.5, 0.6) is 5.75 Å². The van der Waals surface area contributed by atoms with Gasteiger partial charge in [-0.15, -0.1) is 0 Å². The summed E-state index contributed by atoms with van der Waals surface area (Å²) in [4.78, 5) is 31.4. The number of amides is 2. The Labute approximate surface area is 157 Å². The molecular weight excluding hydrogens is 344 g/mol. The number of benzene rings is 2. The van der Waals surface area contributed by atoms with E-state index in [1.54, 1.807) is 31.6 Å². The first-order valence-electron chi connectivity index (χ1n) is 8.78. The minimum atomic E-state index is -0.240. The molecule has 7 nitrogen and oxygen atoms in total. The number of fused-ring (bicyclic) bond motifs is 1. The second-order valence-corrected chi connectivity index (χ2v) is 6.07. The number of rotatable bonds is 7. The van der Waals surface area contributed by atoms with E-state index in [0.29, 0.717) is 17.7 Å². The van der Waals surface area contributed by atoms with Crippen molar-refractivity contribution in [3.63, 3.8) is 0 Å². The molecule has 1 aromatic heterocycles. The number of hydrogen-bond acceptors (Lipinski definition) is 4. The maximum atomic E-state index is 12.7. The number of imidazole rings is 1. The summed E-state index contributed by atoms with van der Waals surface area (Å²) in [5.74, 6) is 0.187. The van der Waals surface area contributed by atoms with Crippen LogP contribution in [0, 0.1) is 0 Å². The lowest BCUT2D eigenvalue weighted by atomic mass is 10.0. The zero-order valence-electron chi connectivity index (χ0n) is 15.3. The molecule has 1 heterocycles. The predicted molar refractivity (Wildman–Crippen MR) is 103 cm³/mol. The summed E-state index contributed by atoms with van der Waals surface area (Å²) < 4.78 is 5.63. The molecule has 3 aromatic rings. The molecule has 1 atom stereocenters. The molecular formula is C20H22N4O3. The van der Waals surface area contributed by atoms with E-state index in [1.165, 1.54) is 0 Å². The van der Waals surface area contributed by atoms with Gasteiger partial charge < -0.3 is 20.4 Å². The van der Waals surface area contributed by atoms with E-state index in [4.69, 9.17) is 4.74 Å². The second kappa shape index (κ2) is 8.35. The third-order valence-corrected chi connectivity index (χ3v) is 4.33. The lowest BCUT2D eigenvalue weighted by Gasteiger charge is -2.20. The predicted octanol–water partition coefficient (Wildman–Crippen LogP) is 2.57. The van der Waals surface area contributed by atoms with Crippen molar-refractivity contribution >= 4 is 22.8 Å². The Morgan fingerprint density at radius 1 is 1.22 bits per heavy atom. The molecule has 0 fully saturated rings. The highest BCUT2D eigenvalue weighted by Crippen LogP contribution is 2.27. The van der Waals surface area contributed by atoms with Crippen LogP contribution in [0.3, 0.4) is 0 Å². The van der Waals surface area contributed by atoms with Crippen LogP contribution in [0.2, 0.25) is 0 Å². The highest BCUT2D eigenvalue weighted by Gasteiger charge is 2.18. The quantitative estimate of drug-likeness (QED) is 0.599. The first-order chi connectivity index (χ1) is 13.1. The first-order valence-corrected chi connectivity index (χ1v) is 8.78. The average Bonchev–Trinajstić information content (AvgIpc) is 3.18. The summed E-state index contributed by atoms with van der Waals surface area (Å²) >= 11 is 0. The molecule has 140 valence electrons. The topological polar surface area (TPSA) is 96.1 Å². The van der Waals surface area contributed by atoms with Gasteiger partial charge in [0.05, 0.1) is 23.4 Å². The van der Waals surface area contributed by atoms with Crippen LogP contribution in [0.4, 0.5) is 0 Å². The van der Waals surface area contributed by atoms with Crippen LogP contribution in [-0.2, 0) is 4.79 Å². The Hall–Kier alpha value is -3.35. The number of aromatic amines is 1. The summed E-state index contributed by atoms with van der Waals surface area (Å²) in [5.41, 5.74) is 3.00. The highest BCUT2D eigenvalue weighted by molar-refractivity contribution is 5.97. The Morgan fingerprint density at radius 3 is 2.81 bits per heavy atom. The van der Waals surface area contributed by atoms with Crippen molar-refractivity contribution in [2.24, 2.45) is 0 Å². The van der Waals surface area contributed by atoms with Crippen molar-refractivity contribution in [3.8, 4) is 5.75 Å². The number of carbonyl (C=O) groups is 2. The minimum absolute atomic E-state index is 0.0750. The Balaban J connectivity index is 1.78. The van der Waals surface area contributed by atoms with Crippen LogP contribution in [-0.4, -0.2) is 35.4 Å². The highest BCUT2D eigenvalue weighted by atomic mass is 16.5. The normalized spacial score (nSPS) is 11.8. The number of carbonyl (C=O) groups excluding carboxylic acids is 2. The van der Waals surface area contributed by atoms with E-state index in [0.717, 1.165) is 16.6 Å². The van der Waals surface area contributed by atoms with Crippen molar-refractivity contribution in [1.82, 2.24) is 20.6 Å². The van der Waals surface area contributed by atoms with Crippen LogP contribution in [0.15, 0.2) is 48.8 Å². The van der Waals surface area contributed by atoms with Gasteiger partial charge in [-0.3, -0.25) is 9.59 Å². The molecule has 0 aliphatic rings. The van der Waals surface area contributed by atoms with Crippen molar-refractivity contribution in [2.45, 2.75) is 19.4 Å². The van der Waals surface area contributed by atoms with Gasteiger partial charge in [0.1, 0.15) is 5.75 Å². The largest absolute Gasteiger partial charge is 0.483 e. The minimum Gasteiger partial charge on any atom is -0.483 e. The van der Waals surface area contributed by atoms with Gasteiger partial charge in [0.25, 0.3) is 11.8 Å². The van der Waals surface area contributed by atoms with Gasteiger partial charge in [-0.25, -0.2) is 4.98 Å². The fourth-order valence-electron chi connectivity index (χ4n) is 2.83. The van der Waals surface area contributed by atoms with Crippen LogP contribution in [0.25, 0.3) is 11.0 Å². The second-order valence-electron chi connectivity index (χ2n) is 6.07. The van der Waals surface area contributed by atoms with Crippen molar-refractivity contribution in [2.75, 3.05) is 13.7 Å². The smallest absolute Gasteiger partial charge is 0.257 e. The van der Waals surface area contributed by atoms with Gasteiger partial charge in [-0.05, 0) is 30.7 Å². The SMILES string of the molecule is CCC(NC(=O)c1ccc2nc[nH]c2c1)c1ccccc1OCC(=O)NC. The van der Waals surface area contributed by atoms with E-state index >= 15 is 0 Å². The molecule has 0 saturated heterocycles. The van der Waals surface area contributed by atoms with Gasteiger partial charge >= 0.3 is 0 Å². The van der Waals surface area contributed by atoms with Crippen LogP contribution >= 0.6 is 0 Å². The molecule has 0 aliphatic carbocycles. The summed E-state index contributed by atoms with van der Waals surface area (Å²) in [6, 6.07) is 12.5. The Bertz CT molecular complexity index is 951. The van der Waals surface area contributed by atoms with Gasteiger partial charge in [0.2, 0.25) is 0 Å². The van der Waals surface area contributed by atoms with Crippen molar-refractivity contribution in [3.05, 3.63) is 59.9 Å². The fourth-order valence-corrected chi connectivity index (χ4v) is 2.83. The molecule has 7 heteroatoms. The third-order valence-electron chi connectivity index (χ3n) is 4.33. The Morgan fingerprint density at radius 2 is 2.04 bits per heavy atom. The molecule has 2 aromatic carbocycles. The zero-order valence-corrected chi connectivity index (χ0v) is 15.3. The van der Waals surface area contributed by atoms with Gasteiger partial charge in [-0.1, -0.05) is 25.1 Å². The number of H-pyrrole nitrogens is 1. The number of nitrogens with zero attached hydrogens (tertiary/aromatic N) is 1. The third kappa shape index (κ3) is 4.25. The van der Waals surface area contributed by atoms with E-state index in [1.807, 2.05) is 31.2 Å². The molecule has 0 radical (unpaired) electrons. The molecule has 3 rings (SSSR count). The first kappa shape index (κ1) is 18.4. The number of nitrogens with one attached hydrogen (secondary N) is 3. The number of likely N-dealkylation sites (N-methyl/N-ethyl adjacent to an activating group) is 1. The summed E-state index contributed by atoms with van der Waals surface area (Å²) in [7, 11) is 1.56. The summed E-state index contributed by atoms with van der Waals surface area (Å²) in [6.45, 7) is 1.91. The number of para-hydroxylation sites is 1. The standard InChI is InChI=1S/C20H22N4O3/c1-3-15(14-6-4-5-7-18(14)27-11-19(25)21-2)24-20(26)13-8-9-16-17(10-13)23-12-22-16/h4-10,12,15H,3,11H2,1-2H3,(H,21,25)(H,22,23)(H,24,26). The number of ether oxygens (including phenoxy) is 1. The van der Waals surface area contributed by atoms with E-state index in [2.05, 4.69) is 20.6 Å². The number of aromatic nitrogens is 2. The Kier molecular flexibility index (Phi) is 5.71. The fraction of sp³-hybridized carbons (Fsp3) is 0.250. The summed E-state index contributed by atoms with van der Waals surface area (Å²) in [5, 5.41) is 5.57. The van der Waals surface area contributed by atoms with E-state index < -0.39 is 0 Å². The van der Waals surface area contributed by atoms with E-state index in [-0.39, 0.29) is 24.5 Å². The zero-order chi connectivity index (χ0) is 19.2. The van der Waals surface area contributed by atoms with E-state index in [9.17, 15) is 9.59 Å². The maximum absolute atomic E-state index is 12.7. The molecule has 3 N–H and O–H groups in total. The van der Waals surface area contributed by atoms with Gasteiger partial charge in [-0.2, -0.15) is 0 Å². The van der Waals surface area contributed by atoms with Crippen molar-refractivity contribution < 1.29 is 14.3 Å². The maximum Gasteiger partial charge on any atom is 0.257 e.